The summed E-state index contributed by atoms with van der Waals surface area (Å²) in [5.74, 6) is 0.864. The van der Waals surface area contributed by atoms with E-state index in [-0.39, 0.29) is 0 Å². The molecule has 4 heteroatoms. The van der Waals surface area contributed by atoms with Gasteiger partial charge in [0.25, 0.3) is 0 Å². The normalized spacial score (nSPS) is 16.8. The van der Waals surface area contributed by atoms with Crippen molar-refractivity contribution in [2.45, 2.75) is 52.2 Å². The van der Waals surface area contributed by atoms with Crippen molar-refractivity contribution >= 4 is 5.96 Å². The first-order chi connectivity index (χ1) is 10.7. The third kappa shape index (κ3) is 5.34. The summed E-state index contributed by atoms with van der Waals surface area (Å²) in [5.41, 5.74) is 2.79. The Morgan fingerprint density at radius 3 is 2.45 bits per heavy atom. The summed E-state index contributed by atoms with van der Waals surface area (Å²) in [6.45, 7) is 8.59. The van der Waals surface area contributed by atoms with E-state index in [0.717, 1.165) is 19.0 Å². The first kappa shape index (κ1) is 16.8. The Kier molecular flexibility index (Phi) is 6.72. The van der Waals surface area contributed by atoms with Crippen LogP contribution in [0.1, 0.15) is 44.2 Å². The SMILES string of the molecule is CN=C(NCc1ccccc1CN1CCCCC1)NC(C)C. The molecule has 0 radical (unpaired) electrons. The number of aliphatic imine (C=N–C) groups is 1. The molecule has 0 atom stereocenters. The molecule has 22 heavy (non-hydrogen) atoms. The molecule has 122 valence electrons. The van der Waals surface area contributed by atoms with Crippen LogP contribution in [0.3, 0.4) is 0 Å². The van der Waals surface area contributed by atoms with Crippen molar-refractivity contribution < 1.29 is 0 Å². The van der Waals surface area contributed by atoms with Gasteiger partial charge in [-0.1, -0.05) is 30.7 Å². The Bertz CT molecular complexity index is 476. The Morgan fingerprint density at radius 2 is 1.82 bits per heavy atom. The van der Waals surface area contributed by atoms with Crippen molar-refractivity contribution in [2.24, 2.45) is 4.99 Å². The number of likely N-dealkylation sites (tertiary alicyclic amines) is 1. The van der Waals surface area contributed by atoms with Crippen molar-refractivity contribution in [3.05, 3.63) is 35.4 Å². The molecule has 1 heterocycles. The average Bonchev–Trinajstić information content (AvgIpc) is 2.53. The Balaban J connectivity index is 1.95. The number of piperidine rings is 1. The van der Waals surface area contributed by atoms with Gasteiger partial charge in [-0.2, -0.15) is 0 Å². The zero-order valence-electron chi connectivity index (χ0n) is 14.2. The molecule has 1 aliphatic heterocycles. The van der Waals surface area contributed by atoms with Gasteiger partial charge in [0, 0.05) is 26.2 Å². The van der Waals surface area contributed by atoms with Gasteiger partial charge in [-0.25, -0.2) is 0 Å². The second kappa shape index (κ2) is 8.79. The summed E-state index contributed by atoms with van der Waals surface area (Å²) in [6.07, 6.45) is 4.06. The lowest BCUT2D eigenvalue weighted by atomic mass is 10.0. The van der Waals surface area contributed by atoms with Crippen molar-refractivity contribution in [3.63, 3.8) is 0 Å². The fourth-order valence-electron chi connectivity index (χ4n) is 2.89. The van der Waals surface area contributed by atoms with E-state index in [1.54, 1.807) is 0 Å². The molecule has 2 N–H and O–H groups in total. The molecular weight excluding hydrogens is 272 g/mol. The molecule has 1 aromatic rings. The Labute approximate surface area is 135 Å². The van der Waals surface area contributed by atoms with E-state index in [1.807, 2.05) is 7.05 Å². The lowest BCUT2D eigenvalue weighted by molar-refractivity contribution is 0.220. The zero-order valence-corrected chi connectivity index (χ0v) is 14.2. The summed E-state index contributed by atoms with van der Waals surface area (Å²) >= 11 is 0. The molecule has 4 nitrogen and oxygen atoms in total. The van der Waals surface area contributed by atoms with Crippen LogP contribution in [0.4, 0.5) is 0 Å². The van der Waals surface area contributed by atoms with Crippen molar-refractivity contribution in [1.29, 1.82) is 0 Å². The van der Waals surface area contributed by atoms with Crippen LogP contribution in [-0.2, 0) is 13.1 Å². The van der Waals surface area contributed by atoms with Gasteiger partial charge < -0.3 is 10.6 Å². The van der Waals surface area contributed by atoms with Gasteiger partial charge in [0.2, 0.25) is 0 Å². The van der Waals surface area contributed by atoms with Crippen molar-refractivity contribution in [1.82, 2.24) is 15.5 Å². The number of rotatable bonds is 5. The topological polar surface area (TPSA) is 39.7 Å². The molecule has 1 aromatic carbocycles. The molecule has 0 amide bonds. The van der Waals surface area contributed by atoms with Crippen LogP contribution in [0.15, 0.2) is 29.3 Å². The maximum absolute atomic E-state index is 4.27. The van der Waals surface area contributed by atoms with Crippen LogP contribution in [0.5, 0.6) is 0 Å². The summed E-state index contributed by atoms with van der Waals surface area (Å²) in [6, 6.07) is 9.12. The zero-order chi connectivity index (χ0) is 15.8. The van der Waals surface area contributed by atoms with Crippen molar-refractivity contribution in [3.8, 4) is 0 Å². The number of hydrogen-bond donors (Lipinski definition) is 2. The van der Waals surface area contributed by atoms with E-state index >= 15 is 0 Å². The highest BCUT2D eigenvalue weighted by Crippen LogP contribution is 2.16. The minimum Gasteiger partial charge on any atom is -0.354 e. The molecular formula is C18H30N4. The predicted octanol–water partition coefficient (Wildman–Crippen LogP) is 2.75. The number of benzene rings is 1. The van der Waals surface area contributed by atoms with Crippen LogP contribution in [0, 0.1) is 0 Å². The fourth-order valence-corrected chi connectivity index (χ4v) is 2.89. The quantitative estimate of drug-likeness (QED) is 0.649. The lowest BCUT2D eigenvalue weighted by Gasteiger charge is -2.27. The molecule has 0 aliphatic carbocycles. The molecule has 1 aliphatic rings. The van der Waals surface area contributed by atoms with E-state index in [1.165, 1.54) is 43.5 Å². The predicted molar refractivity (Wildman–Crippen MR) is 94.0 cm³/mol. The minimum atomic E-state index is 0.384. The monoisotopic (exact) mass is 302 g/mol. The Morgan fingerprint density at radius 1 is 1.14 bits per heavy atom. The smallest absolute Gasteiger partial charge is 0.191 e. The highest BCUT2D eigenvalue weighted by atomic mass is 15.2. The largest absolute Gasteiger partial charge is 0.354 e. The summed E-state index contributed by atoms with van der Waals surface area (Å²) < 4.78 is 0. The summed E-state index contributed by atoms with van der Waals surface area (Å²) in [5, 5.41) is 6.74. The van der Waals surface area contributed by atoms with E-state index in [2.05, 4.69) is 58.6 Å². The number of hydrogen-bond acceptors (Lipinski definition) is 2. The molecule has 2 rings (SSSR count). The van der Waals surface area contributed by atoms with Crippen molar-refractivity contribution in [2.75, 3.05) is 20.1 Å². The molecule has 0 spiro atoms. The standard InChI is InChI=1S/C18H30N4/c1-15(2)21-18(19-3)20-13-16-9-5-6-10-17(16)14-22-11-7-4-8-12-22/h5-6,9-10,15H,4,7-8,11-14H2,1-3H3,(H2,19,20,21). The van der Waals surface area contributed by atoms with Crippen LogP contribution in [0.2, 0.25) is 0 Å². The molecule has 0 saturated carbocycles. The number of guanidine groups is 1. The van der Waals surface area contributed by atoms with Gasteiger partial charge in [-0.05, 0) is 50.9 Å². The van der Waals surface area contributed by atoms with E-state index in [0.29, 0.717) is 6.04 Å². The summed E-state index contributed by atoms with van der Waals surface area (Å²) in [7, 11) is 1.82. The molecule has 0 aromatic heterocycles. The van der Waals surface area contributed by atoms with E-state index < -0.39 is 0 Å². The maximum atomic E-state index is 4.27. The second-order valence-corrected chi connectivity index (χ2v) is 6.33. The molecule has 0 unspecified atom stereocenters. The second-order valence-electron chi connectivity index (χ2n) is 6.33. The average molecular weight is 302 g/mol. The van der Waals surface area contributed by atoms with Crippen LogP contribution < -0.4 is 10.6 Å². The first-order valence-corrected chi connectivity index (χ1v) is 8.45. The van der Waals surface area contributed by atoms with Gasteiger partial charge in [-0.3, -0.25) is 9.89 Å². The van der Waals surface area contributed by atoms with Crippen LogP contribution >= 0.6 is 0 Å². The third-order valence-electron chi connectivity index (χ3n) is 4.06. The summed E-state index contributed by atoms with van der Waals surface area (Å²) in [4.78, 5) is 6.85. The van der Waals surface area contributed by atoms with Gasteiger partial charge in [0.05, 0.1) is 0 Å². The van der Waals surface area contributed by atoms with E-state index in [4.69, 9.17) is 0 Å². The van der Waals surface area contributed by atoms with Crippen LogP contribution in [-0.4, -0.2) is 37.0 Å². The third-order valence-corrected chi connectivity index (χ3v) is 4.06. The Hall–Kier alpha value is -1.55. The van der Waals surface area contributed by atoms with Crippen LogP contribution in [0.25, 0.3) is 0 Å². The van der Waals surface area contributed by atoms with Gasteiger partial charge in [0.15, 0.2) is 5.96 Å². The fraction of sp³-hybridized carbons (Fsp3) is 0.611. The van der Waals surface area contributed by atoms with Gasteiger partial charge in [-0.15, -0.1) is 0 Å². The first-order valence-electron chi connectivity index (χ1n) is 8.45. The number of nitrogens with one attached hydrogen (secondary N) is 2. The molecule has 1 saturated heterocycles. The molecule has 1 fully saturated rings. The maximum Gasteiger partial charge on any atom is 0.191 e. The highest BCUT2D eigenvalue weighted by molar-refractivity contribution is 5.79. The van der Waals surface area contributed by atoms with Gasteiger partial charge >= 0.3 is 0 Å². The lowest BCUT2D eigenvalue weighted by Crippen LogP contribution is -2.40. The minimum absolute atomic E-state index is 0.384. The van der Waals surface area contributed by atoms with E-state index in [9.17, 15) is 0 Å². The number of nitrogens with zero attached hydrogens (tertiary/aromatic N) is 2. The highest BCUT2D eigenvalue weighted by Gasteiger charge is 2.12. The van der Waals surface area contributed by atoms with Gasteiger partial charge in [0.1, 0.15) is 0 Å². The molecule has 0 bridgehead atoms.